The second-order valence-corrected chi connectivity index (χ2v) is 5.64. The lowest BCUT2D eigenvalue weighted by Crippen LogP contribution is -2.37. The summed E-state index contributed by atoms with van der Waals surface area (Å²) in [6.45, 7) is 3.01. The Labute approximate surface area is 124 Å². The molecule has 1 heterocycles. The van der Waals surface area contributed by atoms with E-state index in [2.05, 4.69) is 12.1 Å². The summed E-state index contributed by atoms with van der Waals surface area (Å²) in [4.78, 5) is 13.6. The van der Waals surface area contributed by atoms with Gasteiger partial charge in [-0.2, -0.15) is 0 Å². The van der Waals surface area contributed by atoms with Crippen molar-refractivity contribution in [2.45, 2.75) is 19.4 Å². The summed E-state index contributed by atoms with van der Waals surface area (Å²) in [6.07, 6.45) is 0. The molecular weight excluding hydrogens is 270 g/mol. The molecule has 0 saturated heterocycles. The van der Waals surface area contributed by atoms with Gasteiger partial charge in [-0.05, 0) is 28.8 Å². The van der Waals surface area contributed by atoms with E-state index < -0.39 is 0 Å². The first-order valence-corrected chi connectivity index (χ1v) is 7.12. The van der Waals surface area contributed by atoms with Gasteiger partial charge in [-0.15, -0.1) is 0 Å². The smallest absolute Gasteiger partial charge is 0.219 e. The molecule has 1 aliphatic heterocycles. The number of hydrogen-bond acceptors (Lipinski definition) is 1. The van der Waals surface area contributed by atoms with E-state index in [1.165, 1.54) is 16.7 Å². The van der Waals surface area contributed by atoms with E-state index >= 15 is 0 Å². The lowest BCUT2D eigenvalue weighted by molar-refractivity contribution is -0.129. The number of rotatable bonds is 1. The number of hydrogen-bond donors (Lipinski definition) is 0. The number of benzene rings is 2. The minimum Gasteiger partial charge on any atom is -0.338 e. The lowest BCUT2D eigenvalue weighted by atomic mass is 9.84. The first-order valence-electron chi connectivity index (χ1n) is 6.74. The predicted molar refractivity (Wildman–Crippen MR) is 80.8 cm³/mol. The van der Waals surface area contributed by atoms with Gasteiger partial charge in [0.1, 0.15) is 0 Å². The highest BCUT2D eigenvalue weighted by Crippen LogP contribution is 2.35. The van der Waals surface area contributed by atoms with Crippen LogP contribution in [0, 0.1) is 0 Å². The van der Waals surface area contributed by atoms with Crippen molar-refractivity contribution >= 4 is 17.5 Å². The van der Waals surface area contributed by atoms with Crippen LogP contribution in [0.25, 0.3) is 0 Å². The molecule has 0 fully saturated rings. The fourth-order valence-corrected chi connectivity index (χ4v) is 3.01. The van der Waals surface area contributed by atoms with Crippen molar-refractivity contribution in [3.63, 3.8) is 0 Å². The molecule has 0 aliphatic carbocycles. The maximum Gasteiger partial charge on any atom is 0.219 e. The molecule has 3 heteroatoms. The highest BCUT2D eigenvalue weighted by molar-refractivity contribution is 6.30. The van der Waals surface area contributed by atoms with E-state index in [0.29, 0.717) is 13.1 Å². The summed E-state index contributed by atoms with van der Waals surface area (Å²) in [5, 5.41) is 0.751. The van der Waals surface area contributed by atoms with Gasteiger partial charge in [-0.25, -0.2) is 0 Å². The topological polar surface area (TPSA) is 20.3 Å². The molecule has 0 radical (unpaired) electrons. The van der Waals surface area contributed by atoms with Gasteiger partial charge in [-0.1, -0.05) is 48.0 Å². The van der Waals surface area contributed by atoms with Crippen LogP contribution >= 0.6 is 11.6 Å². The molecule has 0 bridgehead atoms. The maximum atomic E-state index is 11.8. The van der Waals surface area contributed by atoms with Crippen molar-refractivity contribution in [1.82, 2.24) is 4.90 Å². The zero-order chi connectivity index (χ0) is 14.1. The molecule has 102 valence electrons. The van der Waals surface area contributed by atoms with E-state index in [4.69, 9.17) is 11.6 Å². The fourth-order valence-electron chi connectivity index (χ4n) is 2.83. The molecule has 2 aromatic rings. The van der Waals surface area contributed by atoms with Crippen LogP contribution in [0.3, 0.4) is 0 Å². The van der Waals surface area contributed by atoms with Crippen molar-refractivity contribution in [2.24, 2.45) is 0 Å². The van der Waals surface area contributed by atoms with Crippen LogP contribution in [0.2, 0.25) is 5.02 Å². The van der Waals surface area contributed by atoms with Crippen molar-refractivity contribution < 1.29 is 4.79 Å². The number of nitrogens with zero attached hydrogens (tertiary/aromatic N) is 1. The molecule has 0 spiro atoms. The number of carbonyl (C=O) groups excluding carboxylic acids is 1. The van der Waals surface area contributed by atoms with Gasteiger partial charge in [0.2, 0.25) is 5.91 Å². The van der Waals surface area contributed by atoms with Crippen LogP contribution in [0.1, 0.15) is 29.5 Å². The van der Waals surface area contributed by atoms with Gasteiger partial charge >= 0.3 is 0 Å². The van der Waals surface area contributed by atoms with E-state index in [1.807, 2.05) is 41.3 Å². The molecule has 0 aromatic heterocycles. The Morgan fingerprint density at radius 1 is 1.20 bits per heavy atom. The SMILES string of the molecule is CC(=O)N1Cc2ccc(Cl)cc2C(c2ccccc2)C1. The average Bonchev–Trinajstić information content (AvgIpc) is 2.47. The van der Waals surface area contributed by atoms with E-state index in [0.717, 1.165) is 5.02 Å². The summed E-state index contributed by atoms with van der Waals surface area (Å²) >= 11 is 6.15. The third-order valence-electron chi connectivity index (χ3n) is 3.89. The van der Waals surface area contributed by atoms with Crippen molar-refractivity contribution in [3.8, 4) is 0 Å². The highest BCUT2D eigenvalue weighted by Gasteiger charge is 2.27. The van der Waals surface area contributed by atoms with Gasteiger partial charge in [0, 0.05) is 31.0 Å². The second kappa shape index (κ2) is 5.29. The molecule has 3 rings (SSSR count). The van der Waals surface area contributed by atoms with Crippen molar-refractivity contribution in [3.05, 3.63) is 70.2 Å². The number of fused-ring (bicyclic) bond motifs is 1. The van der Waals surface area contributed by atoms with E-state index in [9.17, 15) is 4.79 Å². The minimum absolute atomic E-state index is 0.117. The first-order chi connectivity index (χ1) is 9.65. The Hall–Kier alpha value is -1.80. The van der Waals surface area contributed by atoms with Crippen LogP contribution < -0.4 is 0 Å². The number of halogens is 1. The fraction of sp³-hybridized carbons (Fsp3) is 0.235. The zero-order valence-electron chi connectivity index (χ0n) is 11.3. The van der Waals surface area contributed by atoms with Gasteiger partial charge < -0.3 is 4.90 Å². The highest BCUT2D eigenvalue weighted by atomic mass is 35.5. The molecule has 20 heavy (non-hydrogen) atoms. The Morgan fingerprint density at radius 2 is 1.95 bits per heavy atom. The number of amides is 1. The quantitative estimate of drug-likeness (QED) is 0.780. The van der Waals surface area contributed by atoms with Crippen molar-refractivity contribution in [2.75, 3.05) is 6.54 Å². The Kier molecular flexibility index (Phi) is 3.49. The molecule has 0 saturated carbocycles. The molecule has 0 N–H and O–H groups in total. The van der Waals surface area contributed by atoms with Crippen LogP contribution in [-0.2, 0) is 11.3 Å². The summed E-state index contributed by atoms with van der Waals surface area (Å²) < 4.78 is 0. The van der Waals surface area contributed by atoms with E-state index in [-0.39, 0.29) is 11.8 Å². The zero-order valence-corrected chi connectivity index (χ0v) is 12.1. The Bertz CT molecular complexity index is 639. The van der Waals surface area contributed by atoms with Gasteiger partial charge in [0.15, 0.2) is 0 Å². The average molecular weight is 286 g/mol. The second-order valence-electron chi connectivity index (χ2n) is 5.21. The molecular formula is C17H16ClNO. The number of carbonyl (C=O) groups is 1. The molecule has 1 amide bonds. The van der Waals surface area contributed by atoms with Crippen LogP contribution in [0.5, 0.6) is 0 Å². The summed E-state index contributed by atoms with van der Waals surface area (Å²) in [6, 6.07) is 16.3. The molecule has 1 unspecified atom stereocenters. The third-order valence-corrected chi connectivity index (χ3v) is 4.13. The Balaban J connectivity index is 2.08. The first kappa shape index (κ1) is 13.2. The van der Waals surface area contributed by atoms with Crippen LogP contribution in [0.4, 0.5) is 0 Å². The van der Waals surface area contributed by atoms with Gasteiger partial charge in [0.05, 0.1) is 0 Å². The normalized spacial score (nSPS) is 17.7. The summed E-state index contributed by atoms with van der Waals surface area (Å²) in [7, 11) is 0. The van der Waals surface area contributed by atoms with Crippen LogP contribution in [0.15, 0.2) is 48.5 Å². The summed E-state index contributed by atoms with van der Waals surface area (Å²) in [5.74, 6) is 0.314. The molecule has 1 aliphatic rings. The maximum absolute atomic E-state index is 11.8. The third kappa shape index (κ3) is 2.44. The molecule has 2 nitrogen and oxygen atoms in total. The largest absolute Gasteiger partial charge is 0.338 e. The van der Waals surface area contributed by atoms with Crippen molar-refractivity contribution in [1.29, 1.82) is 0 Å². The van der Waals surface area contributed by atoms with E-state index in [1.54, 1.807) is 6.92 Å². The molecule has 1 atom stereocenters. The minimum atomic E-state index is 0.117. The lowest BCUT2D eigenvalue weighted by Gasteiger charge is -2.34. The molecule has 2 aromatic carbocycles. The monoisotopic (exact) mass is 285 g/mol. The van der Waals surface area contributed by atoms with Gasteiger partial charge in [-0.3, -0.25) is 4.79 Å². The summed E-state index contributed by atoms with van der Waals surface area (Å²) in [5.41, 5.74) is 3.65. The predicted octanol–water partition coefficient (Wildman–Crippen LogP) is 3.83. The standard InChI is InChI=1S/C17H16ClNO/c1-12(20)19-10-14-7-8-15(18)9-16(14)17(11-19)13-5-3-2-4-6-13/h2-9,17H,10-11H2,1H3. The Morgan fingerprint density at radius 3 is 2.65 bits per heavy atom. The van der Waals surface area contributed by atoms with Crippen LogP contribution in [-0.4, -0.2) is 17.4 Å². The van der Waals surface area contributed by atoms with Gasteiger partial charge in [0.25, 0.3) is 0 Å².